The standard InChI is InChI=1S/C13H14F2O/c1-8-10(2-3-13(8)16)4-9-5-11(14)7-12(15)6-9/h5-8,10H,2-4H2,1H3. The largest absolute Gasteiger partial charge is 0.299 e. The summed E-state index contributed by atoms with van der Waals surface area (Å²) < 4.78 is 25.9. The molecule has 1 aliphatic carbocycles. The second-order valence-corrected chi connectivity index (χ2v) is 4.54. The molecule has 3 heteroatoms. The highest BCUT2D eigenvalue weighted by Gasteiger charge is 2.30. The summed E-state index contributed by atoms with van der Waals surface area (Å²) in [5.74, 6) is -0.583. The molecule has 0 N–H and O–H groups in total. The Kier molecular flexibility index (Phi) is 3.03. The lowest BCUT2D eigenvalue weighted by Crippen LogP contribution is -2.13. The minimum Gasteiger partial charge on any atom is -0.299 e. The molecule has 2 atom stereocenters. The molecule has 1 fully saturated rings. The number of Topliss-reactive ketones (excluding diaryl/α,β-unsaturated/α-hetero) is 1. The van der Waals surface area contributed by atoms with Gasteiger partial charge in [-0.15, -0.1) is 0 Å². The van der Waals surface area contributed by atoms with Gasteiger partial charge in [-0.3, -0.25) is 4.79 Å². The molecule has 0 aromatic heterocycles. The van der Waals surface area contributed by atoms with Crippen LogP contribution in [0.25, 0.3) is 0 Å². The molecular weight excluding hydrogens is 210 g/mol. The third-order valence-electron chi connectivity index (χ3n) is 3.40. The third-order valence-corrected chi connectivity index (χ3v) is 3.40. The molecule has 0 heterocycles. The van der Waals surface area contributed by atoms with Crippen LogP contribution < -0.4 is 0 Å². The van der Waals surface area contributed by atoms with E-state index in [0.717, 1.165) is 12.5 Å². The fraction of sp³-hybridized carbons (Fsp3) is 0.462. The van der Waals surface area contributed by atoms with Gasteiger partial charge >= 0.3 is 0 Å². The molecule has 0 amide bonds. The monoisotopic (exact) mass is 224 g/mol. The highest BCUT2D eigenvalue weighted by atomic mass is 19.1. The van der Waals surface area contributed by atoms with Gasteiger partial charge in [0.25, 0.3) is 0 Å². The van der Waals surface area contributed by atoms with E-state index in [1.807, 2.05) is 6.92 Å². The molecular formula is C13H14F2O. The summed E-state index contributed by atoms with van der Waals surface area (Å²) in [7, 11) is 0. The number of rotatable bonds is 2. The first-order chi connectivity index (χ1) is 7.56. The van der Waals surface area contributed by atoms with Crippen molar-refractivity contribution < 1.29 is 13.6 Å². The smallest absolute Gasteiger partial charge is 0.135 e. The Bertz CT molecular complexity index is 394. The zero-order chi connectivity index (χ0) is 11.7. The van der Waals surface area contributed by atoms with Crippen molar-refractivity contribution in [2.24, 2.45) is 11.8 Å². The molecule has 86 valence electrons. The Labute approximate surface area is 93.5 Å². The van der Waals surface area contributed by atoms with Crippen molar-refractivity contribution >= 4 is 5.78 Å². The zero-order valence-electron chi connectivity index (χ0n) is 9.17. The Hall–Kier alpha value is -1.25. The highest BCUT2D eigenvalue weighted by Crippen LogP contribution is 2.31. The summed E-state index contributed by atoms with van der Waals surface area (Å²) in [6.07, 6.45) is 2.02. The summed E-state index contributed by atoms with van der Waals surface area (Å²) >= 11 is 0. The lowest BCUT2D eigenvalue weighted by molar-refractivity contribution is -0.120. The summed E-state index contributed by atoms with van der Waals surface area (Å²) in [5.41, 5.74) is 0.643. The number of halogens is 2. The highest BCUT2D eigenvalue weighted by molar-refractivity contribution is 5.83. The fourth-order valence-electron chi connectivity index (χ4n) is 2.38. The zero-order valence-corrected chi connectivity index (χ0v) is 9.17. The summed E-state index contributed by atoms with van der Waals surface area (Å²) in [5, 5.41) is 0. The first-order valence-corrected chi connectivity index (χ1v) is 5.54. The van der Waals surface area contributed by atoms with Gasteiger partial charge in [0.2, 0.25) is 0 Å². The van der Waals surface area contributed by atoms with Gasteiger partial charge in [-0.05, 0) is 36.5 Å². The first kappa shape index (κ1) is 11.2. The summed E-state index contributed by atoms with van der Waals surface area (Å²) in [6.45, 7) is 1.90. The van der Waals surface area contributed by atoms with Gasteiger partial charge in [0.1, 0.15) is 17.4 Å². The summed E-state index contributed by atoms with van der Waals surface area (Å²) in [4.78, 5) is 11.4. The lowest BCUT2D eigenvalue weighted by Gasteiger charge is -2.13. The fourth-order valence-corrected chi connectivity index (χ4v) is 2.38. The number of ketones is 1. The van der Waals surface area contributed by atoms with E-state index >= 15 is 0 Å². The van der Waals surface area contributed by atoms with Crippen LogP contribution in [0, 0.1) is 23.5 Å². The first-order valence-electron chi connectivity index (χ1n) is 5.54. The van der Waals surface area contributed by atoms with Gasteiger partial charge in [0.15, 0.2) is 0 Å². The van der Waals surface area contributed by atoms with Crippen molar-refractivity contribution in [2.75, 3.05) is 0 Å². The topological polar surface area (TPSA) is 17.1 Å². The number of carbonyl (C=O) groups is 1. The number of hydrogen-bond acceptors (Lipinski definition) is 1. The molecule has 0 radical (unpaired) electrons. The maximum atomic E-state index is 13.0. The van der Waals surface area contributed by atoms with Crippen LogP contribution in [0.4, 0.5) is 8.78 Å². The molecule has 1 aromatic carbocycles. The van der Waals surface area contributed by atoms with Crippen molar-refractivity contribution in [1.82, 2.24) is 0 Å². The molecule has 0 bridgehead atoms. The molecule has 2 unspecified atom stereocenters. The van der Waals surface area contributed by atoms with Crippen molar-refractivity contribution in [3.05, 3.63) is 35.4 Å². The Morgan fingerprint density at radius 1 is 1.25 bits per heavy atom. The predicted molar refractivity (Wildman–Crippen MR) is 57.0 cm³/mol. The number of benzene rings is 1. The van der Waals surface area contributed by atoms with E-state index in [9.17, 15) is 13.6 Å². The predicted octanol–water partition coefficient (Wildman–Crippen LogP) is 3.12. The normalized spacial score (nSPS) is 25.1. The second kappa shape index (κ2) is 4.32. The molecule has 2 rings (SSSR count). The lowest BCUT2D eigenvalue weighted by atomic mass is 9.90. The van der Waals surface area contributed by atoms with Crippen molar-refractivity contribution in [3.8, 4) is 0 Å². The van der Waals surface area contributed by atoms with Crippen LogP contribution in [0.2, 0.25) is 0 Å². The van der Waals surface area contributed by atoms with E-state index < -0.39 is 11.6 Å². The van der Waals surface area contributed by atoms with Crippen molar-refractivity contribution in [1.29, 1.82) is 0 Å². The Balaban J connectivity index is 2.12. The van der Waals surface area contributed by atoms with E-state index in [1.54, 1.807) is 0 Å². The third kappa shape index (κ3) is 2.29. The maximum Gasteiger partial charge on any atom is 0.135 e. The Morgan fingerprint density at radius 2 is 1.88 bits per heavy atom. The van der Waals surface area contributed by atoms with Gasteiger partial charge in [-0.25, -0.2) is 8.78 Å². The van der Waals surface area contributed by atoms with Gasteiger partial charge in [-0.2, -0.15) is 0 Å². The van der Waals surface area contributed by atoms with Gasteiger partial charge in [-0.1, -0.05) is 6.92 Å². The SMILES string of the molecule is CC1C(=O)CCC1Cc1cc(F)cc(F)c1. The van der Waals surface area contributed by atoms with Crippen molar-refractivity contribution in [3.63, 3.8) is 0 Å². The van der Waals surface area contributed by atoms with E-state index in [4.69, 9.17) is 0 Å². The number of hydrogen-bond donors (Lipinski definition) is 0. The average Bonchev–Trinajstić information content (AvgIpc) is 2.48. The summed E-state index contributed by atoms with van der Waals surface area (Å²) in [6, 6.07) is 3.56. The average molecular weight is 224 g/mol. The number of carbonyl (C=O) groups excluding carboxylic acids is 1. The van der Waals surface area contributed by atoms with Gasteiger partial charge in [0.05, 0.1) is 0 Å². The molecule has 1 aromatic rings. The van der Waals surface area contributed by atoms with Crippen LogP contribution in [-0.2, 0) is 11.2 Å². The molecule has 16 heavy (non-hydrogen) atoms. The van der Waals surface area contributed by atoms with Crippen LogP contribution in [-0.4, -0.2) is 5.78 Å². The molecule has 1 nitrogen and oxygen atoms in total. The van der Waals surface area contributed by atoms with E-state index in [-0.39, 0.29) is 17.6 Å². The van der Waals surface area contributed by atoms with Crippen LogP contribution in [0.1, 0.15) is 25.3 Å². The molecule has 1 saturated carbocycles. The minimum absolute atomic E-state index is 0.0197. The van der Waals surface area contributed by atoms with Crippen LogP contribution in [0.15, 0.2) is 18.2 Å². The van der Waals surface area contributed by atoms with Crippen LogP contribution >= 0.6 is 0 Å². The van der Waals surface area contributed by atoms with E-state index in [1.165, 1.54) is 12.1 Å². The minimum atomic E-state index is -0.549. The van der Waals surface area contributed by atoms with Gasteiger partial charge < -0.3 is 0 Å². The van der Waals surface area contributed by atoms with E-state index in [0.29, 0.717) is 18.4 Å². The van der Waals surface area contributed by atoms with Crippen LogP contribution in [0.5, 0.6) is 0 Å². The molecule has 0 saturated heterocycles. The molecule has 0 spiro atoms. The quantitative estimate of drug-likeness (QED) is 0.754. The van der Waals surface area contributed by atoms with Crippen molar-refractivity contribution in [2.45, 2.75) is 26.2 Å². The van der Waals surface area contributed by atoms with Crippen LogP contribution in [0.3, 0.4) is 0 Å². The molecule has 0 aliphatic heterocycles. The Morgan fingerprint density at radius 3 is 2.38 bits per heavy atom. The van der Waals surface area contributed by atoms with E-state index in [2.05, 4.69) is 0 Å². The second-order valence-electron chi connectivity index (χ2n) is 4.54. The maximum absolute atomic E-state index is 13.0. The van der Waals surface area contributed by atoms with Gasteiger partial charge in [0, 0.05) is 18.4 Å². The molecule has 1 aliphatic rings.